The minimum atomic E-state index is -0.400. The van der Waals surface area contributed by atoms with Gasteiger partial charge < -0.3 is 24.4 Å². The number of rotatable bonds is 10. The highest BCUT2D eigenvalue weighted by Crippen LogP contribution is 2.35. The number of nitrogens with zero attached hydrogens (tertiary/aromatic N) is 2. The molecule has 1 aromatic carbocycles. The Kier molecular flexibility index (Phi) is 8.99. The van der Waals surface area contributed by atoms with E-state index in [-0.39, 0.29) is 48.4 Å². The van der Waals surface area contributed by atoms with Gasteiger partial charge >= 0.3 is 0 Å². The zero-order valence-electron chi connectivity index (χ0n) is 18.6. The number of nitrogens with one attached hydrogen (secondary N) is 1. The predicted molar refractivity (Wildman–Crippen MR) is 122 cm³/mol. The third-order valence-electron chi connectivity index (χ3n) is 5.08. The van der Waals surface area contributed by atoms with Crippen molar-refractivity contribution in [2.75, 3.05) is 50.9 Å². The summed E-state index contributed by atoms with van der Waals surface area (Å²) in [5.41, 5.74) is 1.98. The molecule has 8 nitrogen and oxygen atoms in total. The van der Waals surface area contributed by atoms with Crippen LogP contribution in [0.25, 0.3) is 0 Å². The van der Waals surface area contributed by atoms with Crippen LogP contribution < -0.4 is 15.0 Å². The number of carbonyl (C=O) groups is 2. The Morgan fingerprint density at radius 3 is 2.73 bits per heavy atom. The highest BCUT2D eigenvalue weighted by molar-refractivity contribution is 6.29. The first kappa shape index (κ1) is 24.9. The van der Waals surface area contributed by atoms with E-state index in [1.807, 2.05) is 6.92 Å². The molecule has 3 rings (SSSR count). The summed E-state index contributed by atoms with van der Waals surface area (Å²) in [5, 5.41) is 2.79. The van der Waals surface area contributed by atoms with Gasteiger partial charge in [0.25, 0.3) is 5.91 Å². The van der Waals surface area contributed by atoms with Gasteiger partial charge in [-0.3, -0.25) is 9.59 Å². The first-order valence-electron chi connectivity index (χ1n) is 10.6. The summed E-state index contributed by atoms with van der Waals surface area (Å²) in [6.07, 6.45) is 0.310. The maximum atomic E-state index is 13.4. The van der Waals surface area contributed by atoms with Gasteiger partial charge in [0, 0.05) is 13.7 Å². The smallest absolute Gasteiger partial charge is 0.270 e. The number of hydrogen-bond acceptors (Lipinski definition) is 6. The molecule has 0 saturated carbocycles. The van der Waals surface area contributed by atoms with E-state index in [4.69, 9.17) is 25.8 Å². The Morgan fingerprint density at radius 1 is 1.27 bits per heavy atom. The second-order valence-electron chi connectivity index (χ2n) is 7.54. The van der Waals surface area contributed by atoms with E-state index in [1.54, 1.807) is 30.2 Å². The van der Waals surface area contributed by atoms with Gasteiger partial charge in [-0.05, 0) is 42.7 Å². The minimum absolute atomic E-state index is 0.169. The lowest BCUT2D eigenvalue weighted by molar-refractivity contribution is -0.117. The van der Waals surface area contributed by atoms with Crippen LogP contribution in [-0.2, 0) is 20.7 Å². The molecule has 1 aliphatic rings. The zero-order valence-corrected chi connectivity index (χ0v) is 19.4. The predicted octanol–water partition coefficient (Wildman–Crippen LogP) is 2.56. The number of carbonyl (C=O) groups excluding carboxylic acids is 2. The van der Waals surface area contributed by atoms with Crippen LogP contribution in [0.4, 0.5) is 10.1 Å². The molecule has 1 N–H and O–H groups in total. The SMILES string of the molecule is COCCOCCNC(=O)c1nc2c(cc1Cc1ccc(F)cc1)N(C(=O)CCl)[C@@H](C)CO2. The van der Waals surface area contributed by atoms with E-state index in [1.165, 1.54) is 12.1 Å². The number of hydrogen-bond donors (Lipinski definition) is 1. The van der Waals surface area contributed by atoms with Crippen molar-refractivity contribution < 1.29 is 28.2 Å². The minimum Gasteiger partial charge on any atom is -0.474 e. The first-order valence-corrected chi connectivity index (χ1v) is 11.1. The number of ether oxygens (including phenoxy) is 3. The van der Waals surface area contributed by atoms with Gasteiger partial charge in [-0.1, -0.05) is 12.1 Å². The lowest BCUT2D eigenvalue weighted by Crippen LogP contribution is -2.46. The van der Waals surface area contributed by atoms with Gasteiger partial charge in [-0.25, -0.2) is 9.37 Å². The quantitative estimate of drug-likeness (QED) is 0.416. The summed E-state index contributed by atoms with van der Waals surface area (Å²) in [4.78, 5) is 31.4. The van der Waals surface area contributed by atoms with Crippen LogP contribution in [0.2, 0.25) is 0 Å². The summed E-state index contributed by atoms with van der Waals surface area (Å²) in [7, 11) is 1.58. The molecule has 178 valence electrons. The molecule has 0 bridgehead atoms. The van der Waals surface area contributed by atoms with Crippen molar-refractivity contribution >= 4 is 29.1 Å². The fourth-order valence-corrected chi connectivity index (χ4v) is 3.61. The molecule has 10 heteroatoms. The zero-order chi connectivity index (χ0) is 23.8. The third kappa shape index (κ3) is 6.40. The second-order valence-corrected chi connectivity index (χ2v) is 7.81. The van der Waals surface area contributed by atoms with E-state index < -0.39 is 5.91 Å². The fraction of sp³-hybridized carbons (Fsp3) is 0.435. The molecule has 2 amide bonds. The van der Waals surface area contributed by atoms with Crippen molar-refractivity contribution in [3.05, 3.63) is 53.0 Å². The maximum Gasteiger partial charge on any atom is 0.270 e. The number of benzene rings is 1. The molecular weight excluding hydrogens is 453 g/mol. The van der Waals surface area contributed by atoms with E-state index in [9.17, 15) is 14.0 Å². The Bertz CT molecular complexity index is 973. The Labute approximate surface area is 197 Å². The lowest BCUT2D eigenvalue weighted by Gasteiger charge is -2.34. The summed E-state index contributed by atoms with van der Waals surface area (Å²) < 4.78 is 29.4. The number of pyridine rings is 1. The van der Waals surface area contributed by atoms with Gasteiger partial charge in [0.05, 0.1) is 25.9 Å². The standard InChI is InChI=1S/C23H27ClFN3O5/c1-15-14-33-23-19(28(15)20(29)13-24)12-17(11-16-3-5-18(25)6-4-16)21(27-23)22(30)26-7-8-32-10-9-31-2/h3-6,12,15H,7-11,13-14H2,1-2H3,(H,26,30)/t15-/m0/s1. The Hall–Kier alpha value is -2.75. The fourth-order valence-electron chi connectivity index (χ4n) is 3.48. The van der Waals surface area contributed by atoms with Crippen molar-refractivity contribution in [2.45, 2.75) is 19.4 Å². The van der Waals surface area contributed by atoms with Gasteiger partial charge in [0.15, 0.2) is 0 Å². The second kappa shape index (κ2) is 11.9. The molecule has 33 heavy (non-hydrogen) atoms. The topological polar surface area (TPSA) is 90.0 Å². The van der Waals surface area contributed by atoms with Gasteiger partial charge in [0.2, 0.25) is 11.8 Å². The Balaban J connectivity index is 1.89. The number of amides is 2. The molecule has 0 fully saturated rings. The van der Waals surface area contributed by atoms with Crippen LogP contribution >= 0.6 is 11.6 Å². The van der Waals surface area contributed by atoms with Crippen LogP contribution in [-0.4, -0.2) is 68.8 Å². The molecule has 1 aliphatic heterocycles. The monoisotopic (exact) mass is 479 g/mol. The highest BCUT2D eigenvalue weighted by Gasteiger charge is 2.32. The summed E-state index contributed by atoms with van der Waals surface area (Å²) >= 11 is 5.81. The summed E-state index contributed by atoms with van der Waals surface area (Å²) in [6.45, 7) is 3.57. The summed E-state index contributed by atoms with van der Waals surface area (Å²) in [5.74, 6) is -1.04. The number of halogens is 2. The van der Waals surface area contributed by atoms with Crippen LogP contribution in [0.1, 0.15) is 28.5 Å². The van der Waals surface area contributed by atoms with Gasteiger partial charge in [-0.2, -0.15) is 0 Å². The van der Waals surface area contributed by atoms with E-state index >= 15 is 0 Å². The van der Waals surface area contributed by atoms with Crippen molar-refractivity contribution in [3.63, 3.8) is 0 Å². The molecule has 0 radical (unpaired) electrons. The van der Waals surface area contributed by atoms with Crippen LogP contribution in [0.3, 0.4) is 0 Å². The average Bonchev–Trinajstić information content (AvgIpc) is 2.81. The molecular formula is C23H27ClFN3O5. The molecule has 0 aliphatic carbocycles. The normalized spacial score (nSPS) is 15.0. The van der Waals surface area contributed by atoms with Gasteiger partial charge in [-0.15, -0.1) is 11.6 Å². The largest absolute Gasteiger partial charge is 0.474 e. The van der Waals surface area contributed by atoms with Crippen molar-refractivity contribution in [2.24, 2.45) is 0 Å². The number of alkyl halides is 1. The van der Waals surface area contributed by atoms with E-state index in [0.29, 0.717) is 37.5 Å². The summed E-state index contributed by atoms with van der Waals surface area (Å²) in [6, 6.07) is 7.46. The lowest BCUT2D eigenvalue weighted by atomic mass is 10.0. The van der Waals surface area contributed by atoms with Crippen LogP contribution in [0, 0.1) is 5.82 Å². The van der Waals surface area contributed by atoms with Crippen molar-refractivity contribution in [1.29, 1.82) is 0 Å². The van der Waals surface area contributed by atoms with E-state index in [2.05, 4.69) is 10.3 Å². The molecule has 2 heterocycles. The maximum absolute atomic E-state index is 13.4. The highest BCUT2D eigenvalue weighted by atomic mass is 35.5. The van der Waals surface area contributed by atoms with Crippen LogP contribution in [0.15, 0.2) is 30.3 Å². The van der Waals surface area contributed by atoms with Crippen LogP contribution in [0.5, 0.6) is 5.88 Å². The number of aromatic nitrogens is 1. The third-order valence-corrected chi connectivity index (χ3v) is 5.31. The molecule has 1 aromatic heterocycles. The average molecular weight is 480 g/mol. The Morgan fingerprint density at radius 2 is 2.03 bits per heavy atom. The first-order chi connectivity index (χ1) is 15.9. The van der Waals surface area contributed by atoms with Crippen molar-refractivity contribution in [1.82, 2.24) is 10.3 Å². The molecule has 0 saturated heterocycles. The number of anilines is 1. The van der Waals surface area contributed by atoms with Crippen molar-refractivity contribution in [3.8, 4) is 5.88 Å². The van der Waals surface area contributed by atoms with Gasteiger partial charge in [0.1, 0.15) is 29.7 Å². The molecule has 0 spiro atoms. The number of methoxy groups -OCH3 is 1. The number of fused-ring (bicyclic) bond motifs is 1. The molecule has 0 unspecified atom stereocenters. The molecule has 1 atom stereocenters. The van der Waals surface area contributed by atoms with E-state index in [0.717, 1.165) is 5.56 Å². The molecule has 2 aromatic rings.